The third-order valence-electron chi connectivity index (χ3n) is 3.57. The maximum Gasteiger partial charge on any atom is 0.416 e. The molecule has 0 aliphatic rings. The van der Waals surface area contributed by atoms with E-state index in [0.29, 0.717) is 0 Å². The number of nitrogens with one attached hydrogen (secondary N) is 1. The summed E-state index contributed by atoms with van der Waals surface area (Å²) in [6.07, 6.45) is -4.59. The molecule has 0 aromatic heterocycles. The van der Waals surface area contributed by atoms with Gasteiger partial charge in [0.15, 0.2) is 0 Å². The molecule has 0 radical (unpaired) electrons. The van der Waals surface area contributed by atoms with E-state index >= 15 is 0 Å². The minimum absolute atomic E-state index is 0.0322. The van der Waals surface area contributed by atoms with Crippen molar-refractivity contribution in [2.24, 2.45) is 0 Å². The lowest BCUT2D eigenvalue weighted by Crippen LogP contribution is -2.25. The van der Waals surface area contributed by atoms with Crippen LogP contribution in [0, 0.1) is 5.82 Å². The SMILES string of the molecule is COC(=O)c1ccc(CNS(=O)(=O)Cc2cccc(C(F)(F)F)c2)c(F)c1. The van der Waals surface area contributed by atoms with Gasteiger partial charge in [-0.3, -0.25) is 0 Å². The summed E-state index contributed by atoms with van der Waals surface area (Å²) in [7, 11) is -2.88. The van der Waals surface area contributed by atoms with Crippen LogP contribution in [0.5, 0.6) is 0 Å². The van der Waals surface area contributed by atoms with Crippen LogP contribution < -0.4 is 4.72 Å². The van der Waals surface area contributed by atoms with Crippen molar-refractivity contribution in [2.45, 2.75) is 18.5 Å². The van der Waals surface area contributed by atoms with Crippen molar-refractivity contribution in [1.29, 1.82) is 0 Å². The molecular weight excluding hydrogens is 390 g/mol. The first kappa shape index (κ1) is 20.8. The fraction of sp³-hybridized carbons (Fsp3) is 0.235. The number of methoxy groups -OCH3 is 1. The lowest BCUT2D eigenvalue weighted by atomic mass is 10.1. The van der Waals surface area contributed by atoms with Crippen molar-refractivity contribution in [3.8, 4) is 0 Å². The van der Waals surface area contributed by atoms with Crippen LogP contribution in [0.1, 0.15) is 27.0 Å². The third kappa shape index (κ3) is 5.76. The molecule has 0 spiro atoms. The first-order chi connectivity index (χ1) is 12.5. The molecule has 0 aliphatic heterocycles. The van der Waals surface area contributed by atoms with Gasteiger partial charge in [0.1, 0.15) is 5.82 Å². The summed E-state index contributed by atoms with van der Waals surface area (Å²) in [6, 6.07) is 7.33. The number of sulfonamides is 1. The highest BCUT2D eigenvalue weighted by Gasteiger charge is 2.30. The molecule has 0 bridgehead atoms. The number of rotatable bonds is 6. The van der Waals surface area contributed by atoms with Crippen molar-refractivity contribution in [3.05, 3.63) is 70.5 Å². The van der Waals surface area contributed by atoms with Crippen LogP contribution in [-0.2, 0) is 33.2 Å². The normalized spacial score (nSPS) is 12.0. The van der Waals surface area contributed by atoms with Gasteiger partial charge in [0.25, 0.3) is 0 Å². The Hall–Kier alpha value is -2.46. The summed E-state index contributed by atoms with van der Waals surface area (Å²) in [5, 5.41) is 0. The molecule has 2 aromatic rings. The molecule has 0 aliphatic carbocycles. The Morgan fingerprint density at radius 3 is 2.44 bits per heavy atom. The summed E-state index contributed by atoms with van der Waals surface area (Å²) in [5.41, 5.74) is -1.08. The number of halogens is 4. The second-order valence-electron chi connectivity index (χ2n) is 5.58. The molecule has 0 amide bonds. The lowest BCUT2D eigenvalue weighted by molar-refractivity contribution is -0.137. The smallest absolute Gasteiger partial charge is 0.416 e. The summed E-state index contributed by atoms with van der Waals surface area (Å²) in [6.45, 7) is -0.422. The molecule has 27 heavy (non-hydrogen) atoms. The molecular formula is C17H15F4NO4S. The molecule has 146 valence electrons. The molecule has 0 unspecified atom stereocenters. The van der Waals surface area contributed by atoms with E-state index in [1.54, 1.807) is 0 Å². The molecule has 10 heteroatoms. The van der Waals surface area contributed by atoms with E-state index in [4.69, 9.17) is 0 Å². The van der Waals surface area contributed by atoms with E-state index in [9.17, 15) is 30.8 Å². The van der Waals surface area contributed by atoms with Crippen LogP contribution in [0.3, 0.4) is 0 Å². The van der Waals surface area contributed by atoms with E-state index in [1.807, 2.05) is 0 Å². The van der Waals surface area contributed by atoms with Gasteiger partial charge < -0.3 is 4.74 Å². The van der Waals surface area contributed by atoms with Gasteiger partial charge in [0.2, 0.25) is 10.0 Å². The summed E-state index contributed by atoms with van der Waals surface area (Å²) in [4.78, 5) is 11.3. The fourth-order valence-electron chi connectivity index (χ4n) is 2.23. The largest absolute Gasteiger partial charge is 0.465 e. The highest BCUT2D eigenvalue weighted by Crippen LogP contribution is 2.29. The number of alkyl halides is 3. The van der Waals surface area contributed by atoms with Crippen LogP contribution in [0.25, 0.3) is 0 Å². The van der Waals surface area contributed by atoms with Crippen LogP contribution >= 0.6 is 0 Å². The monoisotopic (exact) mass is 405 g/mol. The van der Waals surface area contributed by atoms with Gasteiger partial charge in [-0.1, -0.05) is 24.3 Å². The lowest BCUT2D eigenvalue weighted by Gasteiger charge is -2.11. The molecule has 2 rings (SSSR count). The molecule has 0 atom stereocenters. The number of carbonyl (C=O) groups is 1. The van der Waals surface area contributed by atoms with Crippen LogP contribution in [0.15, 0.2) is 42.5 Å². The Balaban J connectivity index is 2.08. The van der Waals surface area contributed by atoms with Gasteiger partial charge in [-0.2, -0.15) is 13.2 Å². The maximum absolute atomic E-state index is 14.0. The second-order valence-corrected chi connectivity index (χ2v) is 7.38. The molecule has 0 heterocycles. The Morgan fingerprint density at radius 1 is 1.15 bits per heavy atom. The van der Waals surface area contributed by atoms with Gasteiger partial charge in [-0.15, -0.1) is 0 Å². The minimum Gasteiger partial charge on any atom is -0.465 e. The van der Waals surface area contributed by atoms with E-state index in [2.05, 4.69) is 9.46 Å². The third-order valence-corrected chi connectivity index (χ3v) is 4.87. The first-order valence-corrected chi connectivity index (χ1v) is 9.17. The standard InChI is InChI=1S/C17H15F4NO4S/c1-26-16(23)12-5-6-13(15(18)8-12)9-22-27(24,25)10-11-3-2-4-14(7-11)17(19,20)21/h2-8,22H,9-10H2,1H3. The van der Waals surface area contributed by atoms with Gasteiger partial charge in [-0.25, -0.2) is 22.3 Å². The average Bonchev–Trinajstić information content (AvgIpc) is 2.59. The number of ether oxygens (including phenoxy) is 1. The molecule has 0 saturated heterocycles. The Labute approximate surface area is 153 Å². The Morgan fingerprint density at radius 2 is 1.85 bits per heavy atom. The Bertz CT molecular complexity index is 942. The van der Waals surface area contributed by atoms with Crippen LogP contribution in [0.2, 0.25) is 0 Å². The van der Waals surface area contributed by atoms with Gasteiger partial charge in [0, 0.05) is 12.1 Å². The van der Waals surface area contributed by atoms with Crippen molar-refractivity contribution in [2.75, 3.05) is 7.11 Å². The average molecular weight is 405 g/mol. The number of benzene rings is 2. The van der Waals surface area contributed by atoms with Crippen molar-refractivity contribution >= 4 is 16.0 Å². The first-order valence-electron chi connectivity index (χ1n) is 7.52. The number of esters is 1. The predicted molar refractivity (Wildman–Crippen MR) is 88.6 cm³/mol. The minimum atomic E-state index is -4.59. The van der Waals surface area contributed by atoms with E-state index in [0.717, 1.165) is 31.4 Å². The molecule has 5 nitrogen and oxygen atoms in total. The molecule has 2 aromatic carbocycles. The van der Waals surface area contributed by atoms with E-state index in [-0.39, 0.29) is 16.7 Å². The summed E-state index contributed by atoms with van der Waals surface area (Å²) in [5.74, 6) is -2.26. The van der Waals surface area contributed by atoms with Crippen molar-refractivity contribution in [3.63, 3.8) is 0 Å². The summed E-state index contributed by atoms with van der Waals surface area (Å²) < 4.78 is 82.8. The number of carbonyl (C=O) groups excluding carboxylic acids is 1. The quantitative estimate of drug-likeness (QED) is 0.592. The van der Waals surface area contributed by atoms with Gasteiger partial charge >= 0.3 is 12.1 Å². The van der Waals surface area contributed by atoms with Gasteiger partial charge in [-0.05, 0) is 23.8 Å². The predicted octanol–water partition coefficient (Wildman–Crippen LogP) is 3.25. The van der Waals surface area contributed by atoms with Crippen molar-refractivity contribution < 1.29 is 35.5 Å². The topological polar surface area (TPSA) is 72.5 Å². The van der Waals surface area contributed by atoms with Crippen LogP contribution in [-0.4, -0.2) is 21.5 Å². The second kappa shape index (κ2) is 8.05. The van der Waals surface area contributed by atoms with E-state index < -0.39 is 45.8 Å². The maximum atomic E-state index is 14.0. The number of hydrogen-bond acceptors (Lipinski definition) is 4. The van der Waals surface area contributed by atoms with Gasteiger partial charge in [0.05, 0.1) is 24.0 Å². The molecule has 1 N–H and O–H groups in total. The zero-order valence-corrected chi connectivity index (χ0v) is 14.8. The summed E-state index contributed by atoms with van der Waals surface area (Å²) >= 11 is 0. The van der Waals surface area contributed by atoms with E-state index in [1.165, 1.54) is 18.2 Å². The van der Waals surface area contributed by atoms with Crippen molar-refractivity contribution in [1.82, 2.24) is 4.72 Å². The molecule has 0 fully saturated rings. The van der Waals surface area contributed by atoms with Crippen LogP contribution in [0.4, 0.5) is 17.6 Å². The zero-order chi connectivity index (χ0) is 20.2. The zero-order valence-electron chi connectivity index (χ0n) is 14.0. The fourth-order valence-corrected chi connectivity index (χ4v) is 3.33. The highest BCUT2D eigenvalue weighted by molar-refractivity contribution is 7.88. The molecule has 0 saturated carbocycles. The Kier molecular flexibility index (Phi) is 6.22. The highest BCUT2D eigenvalue weighted by atomic mass is 32.2. The number of hydrogen-bond donors (Lipinski definition) is 1.